The molecule has 1 atom stereocenters. The molecule has 2 aromatic rings. The molecule has 0 aliphatic carbocycles. The van der Waals surface area contributed by atoms with Crippen LogP contribution in [-0.2, 0) is 0 Å². The molecular weight excluding hydrogens is 411 g/mol. The first kappa shape index (κ1) is 19.5. The van der Waals surface area contributed by atoms with Crippen molar-refractivity contribution in [2.24, 2.45) is 0 Å². The number of anilines is 1. The Bertz CT molecular complexity index is 793. The monoisotopic (exact) mass is 428 g/mol. The normalized spacial score (nSPS) is 17.7. The summed E-state index contributed by atoms with van der Waals surface area (Å²) >= 11 is 3.23. The molecule has 3 N–H and O–H groups in total. The molecule has 0 saturated carbocycles. The second-order valence-corrected chi connectivity index (χ2v) is 7.34. The molecule has 0 aromatic heterocycles. The summed E-state index contributed by atoms with van der Waals surface area (Å²) in [4.78, 5) is 12.6. The van der Waals surface area contributed by atoms with Crippen molar-refractivity contribution in [3.63, 3.8) is 0 Å². The number of rotatable bonds is 2. The van der Waals surface area contributed by atoms with Crippen molar-refractivity contribution in [1.82, 2.24) is 5.32 Å². The highest BCUT2D eigenvalue weighted by Gasteiger charge is 2.35. The highest BCUT2D eigenvalue weighted by molar-refractivity contribution is 9.10. The Balaban J connectivity index is 0.00000225. The molecule has 0 radical (unpaired) electrons. The minimum absolute atomic E-state index is 0. The Hall–Kier alpha value is -1.79. The lowest BCUT2D eigenvalue weighted by molar-refractivity contribution is 0.0619. The number of amides is 1. The van der Waals surface area contributed by atoms with Crippen molar-refractivity contribution >= 4 is 39.9 Å². The van der Waals surface area contributed by atoms with Crippen LogP contribution in [0.15, 0.2) is 40.9 Å². The van der Waals surface area contributed by atoms with E-state index in [0.717, 1.165) is 5.56 Å². The zero-order chi connectivity index (χ0) is 17.5. The lowest BCUT2D eigenvalue weighted by atomic mass is 9.89. The molecule has 134 valence electrons. The minimum Gasteiger partial charge on any atom is -0.487 e. The molecule has 1 unspecified atom stereocenters. The first-order valence-electron chi connectivity index (χ1n) is 7.60. The van der Waals surface area contributed by atoms with Crippen LogP contribution in [0, 0.1) is 5.82 Å². The predicted molar refractivity (Wildman–Crippen MR) is 102 cm³/mol. The number of carbonyl (C=O) groups is 1. The van der Waals surface area contributed by atoms with Gasteiger partial charge in [-0.3, -0.25) is 4.79 Å². The maximum atomic E-state index is 14.0. The van der Waals surface area contributed by atoms with Crippen molar-refractivity contribution in [3.8, 4) is 5.75 Å². The van der Waals surface area contributed by atoms with Crippen molar-refractivity contribution < 1.29 is 13.9 Å². The van der Waals surface area contributed by atoms with E-state index in [1.165, 1.54) is 6.07 Å². The van der Waals surface area contributed by atoms with Gasteiger partial charge in [0, 0.05) is 22.1 Å². The molecule has 3 rings (SSSR count). The Morgan fingerprint density at radius 3 is 2.76 bits per heavy atom. The van der Waals surface area contributed by atoms with Crippen LogP contribution in [0.2, 0.25) is 0 Å². The quantitative estimate of drug-likeness (QED) is 0.684. The van der Waals surface area contributed by atoms with Gasteiger partial charge in [0.05, 0.1) is 11.6 Å². The fourth-order valence-electron chi connectivity index (χ4n) is 2.95. The number of hydrogen-bond donors (Lipinski definition) is 2. The average Bonchev–Trinajstić information content (AvgIpc) is 2.47. The third-order valence-electron chi connectivity index (χ3n) is 3.99. The van der Waals surface area contributed by atoms with Crippen molar-refractivity contribution in [3.05, 3.63) is 57.8 Å². The van der Waals surface area contributed by atoms with Gasteiger partial charge in [-0.15, -0.1) is 12.4 Å². The van der Waals surface area contributed by atoms with Crippen molar-refractivity contribution in [1.29, 1.82) is 0 Å². The standard InChI is InChI=1S/C18H18BrFN2O2.ClH/c1-18(2)9-14(11-8-10(21)6-7-15(11)24-18)22-17(23)16-12(19)4-3-5-13(16)20;/h3-8,14H,9,21H2,1-2H3,(H,22,23);1H. The highest BCUT2D eigenvalue weighted by atomic mass is 79.9. The number of ether oxygens (including phenoxy) is 1. The van der Waals surface area contributed by atoms with Gasteiger partial charge in [0.1, 0.15) is 17.2 Å². The molecule has 2 aromatic carbocycles. The Morgan fingerprint density at radius 1 is 1.36 bits per heavy atom. The maximum Gasteiger partial charge on any atom is 0.255 e. The van der Waals surface area contributed by atoms with Crippen LogP contribution >= 0.6 is 28.3 Å². The Morgan fingerprint density at radius 2 is 2.08 bits per heavy atom. The zero-order valence-corrected chi connectivity index (χ0v) is 16.2. The minimum atomic E-state index is -0.569. The summed E-state index contributed by atoms with van der Waals surface area (Å²) in [6, 6.07) is 9.47. The summed E-state index contributed by atoms with van der Waals surface area (Å²) in [5.41, 5.74) is 6.80. The molecule has 1 heterocycles. The molecule has 25 heavy (non-hydrogen) atoms. The van der Waals surface area contributed by atoms with Gasteiger partial charge in [-0.1, -0.05) is 6.07 Å². The topological polar surface area (TPSA) is 64.4 Å². The van der Waals surface area contributed by atoms with E-state index in [-0.39, 0.29) is 24.0 Å². The predicted octanol–water partition coefficient (Wildman–Crippen LogP) is 4.62. The molecule has 0 spiro atoms. The summed E-state index contributed by atoms with van der Waals surface area (Å²) in [5, 5.41) is 2.91. The van der Waals surface area contributed by atoms with E-state index in [4.69, 9.17) is 10.5 Å². The fourth-order valence-corrected chi connectivity index (χ4v) is 3.47. The lowest BCUT2D eigenvalue weighted by Gasteiger charge is -2.38. The molecule has 1 amide bonds. The molecular formula is C18H19BrClFN2O2. The van der Waals surface area contributed by atoms with Crippen LogP contribution < -0.4 is 15.8 Å². The summed E-state index contributed by atoms with van der Waals surface area (Å²) < 4.78 is 20.4. The zero-order valence-electron chi connectivity index (χ0n) is 13.8. The molecule has 4 nitrogen and oxygen atoms in total. The summed E-state index contributed by atoms with van der Waals surface area (Å²) in [6.45, 7) is 3.90. The molecule has 0 saturated heterocycles. The van der Waals surface area contributed by atoms with Crippen LogP contribution in [0.1, 0.15) is 42.2 Å². The number of nitrogens with one attached hydrogen (secondary N) is 1. The van der Waals surface area contributed by atoms with Crippen LogP contribution in [-0.4, -0.2) is 11.5 Å². The number of carbonyl (C=O) groups excluding carboxylic acids is 1. The van der Waals surface area contributed by atoms with Crippen molar-refractivity contribution in [2.75, 3.05) is 5.73 Å². The van der Waals surface area contributed by atoms with Gasteiger partial charge in [0.2, 0.25) is 0 Å². The van der Waals surface area contributed by atoms with E-state index in [0.29, 0.717) is 22.3 Å². The average molecular weight is 430 g/mol. The van der Waals surface area contributed by atoms with Gasteiger partial charge in [0.25, 0.3) is 5.91 Å². The van der Waals surface area contributed by atoms with E-state index in [1.807, 2.05) is 13.8 Å². The molecule has 7 heteroatoms. The first-order valence-corrected chi connectivity index (χ1v) is 8.39. The van der Waals surface area contributed by atoms with Gasteiger partial charge < -0.3 is 15.8 Å². The Kier molecular flexibility index (Phi) is 5.64. The van der Waals surface area contributed by atoms with Gasteiger partial charge in [-0.05, 0) is 60.1 Å². The Labute approximate surface area is 160 Å². The lowest BCUT2D eigenvalue weighted by Crippen LogP contribution is -2.41. The largest absolute Gasteiger partial charge is 0.487 e. The molecule has 0 fully saturated rings. The first-order chi connectivity index (χ1) is 11.3. The highest BCUT2D eigenvalue weighted by Crippen LogP contribution is 2.40. The third-order valence-corrected chi connectivity index (χ3v) is 4.65. The van der Waals surface area contributed by atoms with E-state index in [2.05, 4.69) is 21.2 Å². The van der Waals surface area contributed by atoms with Gasteiger partial charge in [-0.2, -0.15) is 0 Å². The van der Waals surface area contributed by atoms with E-state index < -0.39 is 17.3 Å². The van der Waals surface area contributed by atoms with Gasteiger partial charge in [0.15, 0.2) is 0 Å². The van der Waals surface area contributed by atoms with Crippen LogP contribution in [0.5, 0.6) is 5.75 Å². The second-order valence-electron chi connectivity index (χ2n) is 6.49. The number of halogens is 3. The van der Waals surface area contributed by atoms with Crippen LogP contribution in [0.3, 0.4) is 0 Å². The van der Waals surface area contributed by atoms with Crippen molar-refractivity contribution in [2.45, 2.75) is 31.9 Å². The number of fused-ring (bicyclic) bond motifs is 1. The second kappa shape index (κ2) is 7.22. The third kappa shape index (κ3) is 4.07. The van der Waals surface area contributed by atoms with E-state index in [1.54, 1.807) is 30.3 Å². The number of hydrogen-bond acceptors (Lipinski definition) is 3. The van der Waals surface area contributed by atoms with Crippen LogP contribution in [0.25, 0.3) is 0 Å². The molecule has 1 aliphatic heterocycles. The fraction of sp³-hybridized carbons (Fsp3) is 0.278. The smallest absolute Gasteiger partial charge is 0.255 e. The summed E-state index contributed by atoms with van der Waals surface area (Å²) in [6.07, 6.45) is 0.557. The van der Waals surface area contributed by atoms with Gasteiger partial charge in [-0.25, -0.2) is 4.39 Å². The molecule has 0 bridgehead atoms. The van der Waals surface area contributed by atoms with Crippen LogP contribution in [0.4, 0.5) is 10.1 Å². The molecule has 1 aliphatic rings. The van der Waals surface area contributed by atoms with Gasteiger partial charge >= 0.3 is 0 Å². The summed E-state index contributed by atoms with van der Waals surface area (Å²) in [5.74, 6) is -0.365. The number of nitrogens with two attached hydrogens (primary N) is 1. The van der Waals surface area contributed by atoms with E-state index >= 15 is 0 Å². The number of nitrogen functional groups attached to an aromatic ring is 1. The number of benzene rings is 2. The SMILES string of the molecule is CC1(C)CC(NC(=O)c2c(F)cccc2Br)c2cc(N)ccc2O1.Cl. The summed E-state index contributed by atoms with van der Waals surface area (Å²) in [7, 11) is 0. The van der Waals surface area contributed by atoms with E-state index in [9.17, 15) is 9.18 Å². The maximum absolute atomic E-state index is 14.0.